The highest BCUT2D eigenvalue weighted by atomic mass is 16.5. The van der Waals surface area contributed by atoms with Gasteiger partial charge in [0.25, 0.3) is 0 Å². The fraction of sp³-hybridized carbons (Fsp3) is 0.647. The molecule has 0 saturated heterocycles. The van der Waals surface area contributed by atoms with Crippen molar-refractivity contribution in [3.8, 4) is 5.75 Å². The van der Waals surface area contributed by atoms with E-state index >= 15 is 0 Å². The Hall–Kier alpha value is -1.06. The molecular weight excluding hydrogens is 250 g/mol. The summed E-state index contributed by atoms with van der Waals surface area (Å²) in [5, 5.41) is 13.5. The molecule has 4 atom stereocenters. The predicted molar refractivity (Wildman–Crippen MR) is 81.9 cm³/mol. The molecule has 0 aromatic heterocycles. The van der Waals surface area contributed by atoms with E-state index in [9.17, 15) is 5.11 Å². The third kappa shape index (κ3) is 4.50. The standard InChI is InChI=1S/C17H27NO2/c1-13-7-6-10-17(14(13)2)18-11-15(19)12-20-16-8-4-3-5-9-16/h3-5,8-9,13-15,17-19H,6-7,10-12H2,1-2H3. The summed E-state index contributed by atoms with van der Waals surface area (Å²) in [7, 11) is 0. The number of rotatable bonds is 6. The van der Waals surface area contributed by atoms with Crippen LogP contribution in [0.3, 0.4) is 0 Å². The largest absolute Gasteiger partial charge is 0.491 e. The zero-order chi connectivity index (χ0) is 14.4. The maximum atomic E-state index is 10.0. The molecule has 112 valence electrons. The molecule has 2 N–H and O–H groups in total. The summed E-state index contributed by atoms with van der Waals surface area (Å²) in [6.07, 6.45) is 3.39. The van der Waals surface area contributed by atoms with Gasteiger partial charge in [-0.3, -0.25) is 0 Å². The molecule has 1 aliphatic rings. The normalized spacial score (nSPS) is 28.1. The van der Waals surface area contributed by atoms with Crippen LogP contribution in [0.1, 0.15) is 33.1 Å². The molecule has 1 aromatic rings. The van der Waals surface area contributed by atoms with Gasteiger partial charge in [0.1, 0.15) is 18.5 Å². The van der Waals surface area contributed by atoms with E-state index in [0.29, 0.717) is 25.1 Å². The van der Waals surface area contributed by atoms with Crippen molar-refractivity contribution in [2.24, 2.45) is 11.8 Å². The van der Waals surface area contributed by atoms with Crippen LogP contribution in [0, 0.1) is 11.8 Å². The molecule has 1 aliphatic carbocycles. The monoisotopic (exact) mass is 277 g/mol. The van der Waals surface area contributed by atoms with E-state index < -0.39 is 6.10 Å². The quantitative estimate of drug-likeness (QED) is 0.840. The van der Waals surface area contributed by atoms with Gasteiger partial charge >= 0.3 is 0 Å². The number of ether oxygens (including phenoxy) is 1. The average Bonchev–Trinajstić information content (AvgIpc) is 2.48. The van der Waals surface area contributed by atoms with Gasteiger partial charge < -0.3 is 15.2 Å². The Morgan fingerprint density at radius 2 is 2.00 bits per heavy atom. The van der Waals surface area contributed by atoms with Crippen molar-refractivity contribution in [1.29, 1.82) is 0 Å². The first kappa shape index (κ1) is 15.3. The molecule has 0 amide bonds. The van der Waals surface area contributed by atoms with Crippen LogP contribution in [0.2, 0.25) is 0 Å². The van der Waals surface area contributed by atoms with Crippen LogP contribution in [0.5, 0.6) is 5.75 Å². The minimum atomic E-state index is -0.459. The number of hydrogen-bond acceptors (Lipinski definition) is 3. The zero-order valence-electron chi connectivity index (χ0n) is 12.6. The van der Waals surface area contributed by atoms with Crippen molar-refractivity contribution in [3.05, 3.63) is 30.3 Å². The fourth-order valence-electron chi connectivity index (χ4n) is 2.93. The number of aliphatic hydroxyl groups excluding tert-OH is 1. The van der Waals surface area contributed by atoms with Gasteiger partial charge in [-0.1, -0.05) is 44.9 Å². The van der Waals surface area contributed by atoms with E-state index in [4.69, 9.17) is 4.74 Å². The van der Waals surface area contributed by atoms with Crippen molar-refractivity contribution in [2.45, 2.75) is 45.3 Å². The Morgan fingerprint density at radius 3 is 2.75 bits per heavy atom. The molecule has 20 heavy (non-hydrogen) atoms. The van der Waals surface area contributed by atoms with E-state index in [1.165, 1.54) is 19.3 Å². The Bertz CT molecular complexity index is 382. The highest BCUT2D eigenvalue weighted by Gasteiger charge is 2.26. The first-order valence-electron chi connectivity index (χ1n) is 7.76. The molecule has 1 aromatic carbocycles. The first-order valence-corrected chi connectivity index (χ1v) is 7.76. The lowest BCUT2D eigenvalue weighted by atomic mass is 9.78. The molecule has 0 heterocycles. The van der Waals surface area contributed by atoms with Gasteiger partial charge in [-0.05, 0) is 30.4 Å². The Labute approximate surface area is 122 Å². The Balaban J connectivity index is 1.68. The van der Waals surface area contributed by atoms with E-state index in [2.05, 4.69) is 19.2 Å². The molecule has 1 fully saturated rings. The van der Waals surface area contributed by atoms with Gasteiger partial charge in [0, 0.05) is 12.6 Å². The molecule has 4 unspecified atom stereocenters. The van der Waals surface area contributed by atoms with Crippen molar-refractivity contribution in [2.75, 3.05) is 13.2 Å². The van der Waals surface area contributed by atoms with E-state index in [1.54, 1.807) is 0 Å². The fourth-order valence-corrected chi connectivity index (χ4v) is 2.93. The third-order valence-electron chi connectivity index (χ3n) is 4.51. The van der Waals surface area contributed by atoms with Crippen molar-refractivity contribution >= 4 is 0 Å². The summed E-state index contributed by atoms with van der Waals surface area (Å²) in [5.74, 6) is 2.27. The molecule has 3 nitrogen and oxygen atoms in total. The van der Waals surface area contributed by atoms with Gasteiger partial charge in [-0.15, -0.1) is 0 Å². The van der Waals surface area contributed by atoms with Crippen molar-refractivity contribution in [3.63, 3.8) is 0 Å². The average molecular weight is 277 g/mol. The van der Waals surface area contributed by atoms with Gasteiger partial charge in [-0.2, -0.15) is 0 Å². The number of hydrogen-bond donors (Lipinski definition) is 2. The third-order valence-corrected chi connectivity index (χ3v) is 4.51. The smallest absolute Gasteiger partial charge is 0.119 e. The van der Waals surface area contributed by atoms with Gasteiger partial charge in [0.2, 0.25) is 0 Å². The predicted octanol–water partition coefficient (Wildman–Crippen LogP) is 2.84. The number of nitrogens with one attached hydrogen (secondary N) is 1. The van der Waals surface area contributed by atoms with Crippen LogP contribution in [0.15, 0.2) is 30.3 Å². The molecule has 0 radical (unpaired) electrons. The van der Waals surface area contributed by atoms with Crippen molar-refractivity contribution in [1.82, 2.24) is 5.32 Å². The van der Waals surface area contributed by atoms with Gasteiger partial charge in [0.05, 0.1) is 0 Å². The molecule has 1 saturated carbocycles. The topological polar surface area (TPSA) is 41.5 Å². The van der Waals surface area contributed by atoms with Crippen LogP contribution in [-0.4, -0.2) is 30.4 Å². The van der Waals surface area contributed by atoms with E-state index in [-0.39, 0.29) is 0 Å². The second-order valence-corrected chi connectivity index (χ2v) is 6.06. The number of aliphatic hydroxyl groups is 1. The molecular formula is C17H27NO2. The van der Waals surface area contributed by atoms with Crippen molar-refractivity contribution < 1.29 is 9.84 Å². The maximum absolute atomic E-state index is 10.0. The molecule has 0 aliphatic heterocycles. The van der Waals surface area contributed by atoms with Crippen LogP contribution >= 0.6 is 0 Å². The summed E-state index contributed by atoms with van der Waals surface area (Å²) < 4.78 is 5.57. The Kier molecular flexibility index (Phi) is 5.86. The lowest BCUT2D eigenvalue weighted by Crippen LogP contribution is -2.44. The molecule has 2 rings (SSSR count). The summed E-state index contributed by atoms with van der Waals surface area (Å²) in [6.45, 7) is 5.59. The summed E-state index contributed by atoms with van der Waals surface area (Å²) in [6, 6.07) is 10.2. The molecule has 0 bridgehead atoms. The van der Waals surface area contributed by atoms with Crippen LogP contribution in [0.4, 0.5) is 0 Å². The van der Waals surface area contributed by atoms with Crippen LogP contribution < -0.4 is 10.1 Å². The highest BCUT2D eigenvalue weighted by Crippen LogP contribution is 2.29. The number of benzene rings is 1. The molecule has 0 spiro atoms. The van der Waals surface area contributed by atoms with Gasteiger partial charge in [-0.25, -0.2) is 0 Å². The second kappa shape index (κ2) is 7.65. The first-order chi connectivity index (χ1) is 9.66. The lowest BCUT2D eigenvalue weighted by Gasteiger charge is -2.35. The van der Waals surface area contributed by atoms with E-state index in [1.807, 2.05) is 30.3 Å². The van der Waals surface area contributed by atoms with Crippen LogP contribution in [0.25, 0.3) is 0 Å². The number of para-hydroxylation sites is 1. The van der Waals surface area contributed by atoms with Crippen LogP contribution in [-0.2, 0) is 0 Å². The summed E-state index contributed by atoms with van der Waals surface area (Å²) >= 11 is 0. The summed E-state index contributed by atoms with van der Waals surface area (Å²) in [4.78, 5) is 0. The van der Waals surface area contributed by atoms with E-state index in [0.717, 1.165) is 11.7 Å². The lowest BCUT2D eigenvalue weighted by molar-refractivity contribution is 0.0946. The second-order valence-electron chi connectivity index (χ2n) is 6.06. The minimum absolute atomic E-state index is 0.341. The summed E-state index contributed by atoms with van der Waals surface area (Å²) in [5.41, 5.74) is 0. The minimum Gasteiger partial charge on any atom is -0.491 e. The maximum Gasteiger partial charge on any atom is 0.119 e. The zero-order valence-corrected chi connectivity index (χ0v) is 12.6. The highest BCUT2D eigenvalue weighted by molar-refractivity contribution is 5.20. The molecule has 3 heteroatoms. The van der Waals surface area contributed by atoms with Gasteiger partial charge in [0.15, 0.2) is 0 Å². The Morgan fingerprint density at radius 1 is 1.25 bits per heavy atom. The SMILES string of the molecule is CC1CCCC(NCC(O)COc2ccccc2)C1C.